The number of morpholine rings is 1. The quantitative estimate of drug-likeness (QED) is 0.690. The molecule has 0 saturated carbocycles. The van der Waals surface area contributed by atoms with Crippen LogP contribution in [0.3, 0.4) is 0 Å². The average molecular weight is 233 g/mol. The van der Waals surface area contributed by atoms with Gasteiger partial charge in [0.25, 0.3) is 0 Å². The maximum absolute atomic E-state index is 5.80. The summed E-state index contributed by atoms with van der Waals surface area (Å²) in [6.45, 7) is 5.19. The number of nitrogens with zero attached hydrogens (tertiary/aromatic N) is 3. The van der Waals surface area contributed by atoms with Crippen molar-refractivity contribution in [2.45, 2.75) is 6.92 Å². The van der Waals surface area contributed by atoms with Crippen molar-refractivity contribution in [3.8, 4) is 0 Å². The molecule has 2 heterocycles. The Labute approximate surface area is 91.6 Å². The van der Waals surface area contributed by atoms with Gasteiger partial charge in [-0.15, -0.1) is 0 Å². The predicted octanol–water partition coefficient (Wildman–Crippen LogP) is -0.0624. The molecule has 78 valence electrons. The lowest BCUT2D eigenvalue weighted by atomic mass is 10.5. The van der Waals surface area contributed by atoms with E-state index in [1.54, 1.807) is 3.12 Å². The zero-order valence-electron chi connectivity index (χ0n) is 7.97. The summed E-state index contributed by atoms with van der Waals surface area (Å²) in [5, 5.41) is 2.92. The van der Waals surface area contributed by atoms with Gasteiger partial charge in [0.15, 0.2) is 17.4 Å². The fourth-order valence-electron chi connectivity index (χ4n) is 1.47. The first kappa shape index (κ1) is 9.88. The first-order valence-corrected chi connectivity index (χ1v) is 5.58. The number of aromatic nitrogens is 2. The van der Waals surface area contributed by atoms with Gasteiger partial charge in [-0.1, -0.05) is 0 Å². The molecule has 0 amide bonds. The Hall–Kier alpha value is -0.660. The fraction of sp³-hybridized carbons (Fsp3) is 0.714. The van der Waals surface area contributed by atoms with Crippen LogP contribution in [0.4, 0.5) is 5.00 Å². The second kappa shape index (κ2) is 3.84. The van der Waals surface area contributed by atoms with Gasteiger partial charge >= 0.3 is 0 Å². The molecular weight excluding hydrogens is 220 g/mol. The highest BCUT2D eigenvalue weighted by Crippen LogP contribution is 2.13. The molecule has 2 rings (SSSR count). The molecule has 1 aromatic rings. The molecule has 0 radical (unpaired) electrons. The molecule has 1 aromatic heterocycles. The van der Waals surface area contributed by atoms with Crippen LogP contribution in [0.25, 0.3) is 0 Å². The van der Waals surface area contributed by atoms with E-state index in [9.17, 15) is 0 Å². The largest absolute Gasteiger partial charge is 0.386 e. The highest BCUT2D eigenvalue weighted by Gasteiger charge is 2.23. The lowest BCUT2D eigenvalue weighted by molar-refractivity contribution is -0.472. The van der Waals surface area contributed by atoms with E-state index in [2.05, 4.69) is 5.01 Å². The molecule has 0 spiro atoms. The molecule has 0 atom stereocenters. The molecule has 2 N–H and O–H groups in total. The number of hydrogen-bond acceptors (Lipinski definition) is 5. The van der Waals surface area contributed by atoms with Crippen LogP contribution in [-0.2, 0) is 4.74 Å². The van der Waals surface area contributed by atoms with Crippen LogP contribution in [0.15, 0.2) is 0 Å². The Morgan fingerprint density at radius 3 is 2.64 bits per heavy atom. The monoisotopic (exact) mass is 233 g/mol. The zero-order valence-corrected chi connectivity index (χ0v) is 9.61. The van der Waals surface area contributed by atoms with Gasteiger partial charge in [0, 0.05) is 3.12 Å². The highest BCUT2D eigenvalue weighted by molar-refractivity contribution is 7.67. The van der Waals surface area contributed by atoms with Crippen molar-refractivity contribution in [3.63, 3.8) is 0 Å². The Bertz CT molecular complexity index is 380. The molecule has 1 aliphatic rings. The maximum Gasteiger partial charge on any atom is 0.189 e. The smallest absolute Gasteiger partial charge is 0.189 e. The summed E-state index contributed by atoms with van der Waals surface area (Å²) in [5.41, 5.74) is 6.81. The topological polar surface area (TPSA) is 49.3 Å². The van der Waals surface area contributed by atoms with Crippen molar-refractivity contribution in [1.82, 2.24) is 4.79 Å². The van der Waals surface area contributed by atoms with Gasteiger partial charge in [0.2, 0.25) is 0 Å². The molecule has 0 unspecified atom stereocenters. The van der Waals surface area contributed by atoms with Crippen molar-refractivity contribution in [2.24, 2.45) is 0 Å². The number of anilines is 1. The van der Waals surface area contributed by atoms with Crippen LogP contribution in [0.1, 0.15) is 5.69 Å². The average Bonchev–Trinajstić information content (AvgIpc) is 2.43. The summed E-state index contributed by atoms with van der Waals surface area (Å²) in [6.07, 6.45) is 0. The number of nitrogens with two attached hydrogens (primary N) is 1. The Kier molecular flexibility index (Phi) is 2.71. The van der Waals surface area contributed by atoms with Crippen molar-refractivity contribution in [3.05, 3.63) is 5.69 Å². The highest BCUT2D eigenvalue weighted by atomic mass is 32.2. The number of rotatable bonds is 1. The second-order valence-electron chi connectivity index (χ2n) is 3.13. The Morgan fingerprint density at radius 2 is 2.14 bits per heavy atom. The van der Waals surface area contributed by atoms with Crippen molar-refractivity contribution in [2.75, 3.05) is 37.0 Å². The third-order valence-corrected chi connectivity index (χ3v) is 3.42. The van der Waals surface area contributed by atoms with E-state index in [1.807, 2.05) is 11.7 Å². The zero-order chi connectivity index (χ0) is 10.1. The summed E-state index contributed by atoms with van der Waals surface area (Å²) in [4.78, 5) is 1.94. The first-order chi connectivity index (χ1) is 6.70. The lowest BCUT2D eigenvalue weighted by Crippen LogP contribution is -2.50. The standard InChI is InChI=1S/C7H13N4OS2/c1-6-7(8)14-11(13)10(6)9-2-4-12-5-3-9/h2-5,8H2,1H3/q+1. The minimum absolute atomic E-state index is 0.748. The number of nitrogen functional groups attached to an aromatic ring is 1. The molecule has 14 heavy (non-hydrogen) atoms. The van der Waals surface area contributed by atoms with Gasteiger partial charge < -0.3 is 10.5 Å². The van der Waals surface area contributed by atoms with Gasteiger partial charge in [-0.05, 0) is 11.7 Å². The van der Waals surface area contributed by atoms with Crippen LogP contribution in [-0.4, -0.2) is 31.1 Å². The van der Waals surface area contributed by atoms with E-state index < -0.39 is 0 Å². The Morgan fingerprint density at radius 1 is 1.50 bits per heavy atom. The molecule has 1 saturated heterocycles. The molecule has 7 heteroatoms. The van der Waals surface area contributed by atoms with Crippen molar-refractivity contribution < 1.29 is 7.85 Å². The van der Waals surface area contributed by atoms with Crippen molar-refractivity contribution in [1.29, 1.82) is 0 Å². The summed E-state index contributed by atoms with van der Waals surface area (Å²) in [5.74, 6) is 0. The summed E-state index contributed by atoms with van der Waals surface area (Å²) < 4.78 is 6.92. The van der Waals surface area contributed by atoms with Gasteiger partial charge in [-0.3, -0.25) is 0 Å². The molecule has 1 fully saturated rings. The first-order valence-electron chi connectivity index (χ1n) is 4.44. The van der Waals surface area contributed by atoms with Crippen LogP contribution in [0.5, 0.6) is 0 Å². The Balaban J connectivity index is 2.34. The molecule has 0 bridgehead atoms. The second-order valence-corrected chi connectivity index (χ2v) is 4.68. The molecule has 5 nitrogen and oxygen atoms in total. The van der Waals surface area contributed by atoms with E-state index in [1.165, 1.54) is 11.5 Å². The SMILES string of the molecule is Cc1c(N)s[n+](=S)n1N1CCOCC1. The lowest BCUT2D eigenvalue weighted by Gasteiger charge is -2.21. The fourth-order valence-corrected chi connectivity index (χ4v) is 2.62. The molecule has 0 aromatic carbocycles. The van der Waals surface area contributed by atoms with Gasteiger partial charge in [0.1, 0.15) is 30.3 Å². The van der Waals surface area contributed by atoms with E-state index in [0.717, 1.165) is 37.0 Å². The minimum atomic E-state index is 0.748. The van der Waals surface area contributed by atoms with Crippen LogP contribution in [0.2, 0.25) is 0 Å². The van der Waals surface area contributed by atoms with E-state index in [4.69, 9.17) is 22.9 Å². The van der Waals surface area contributed by atoms with Crippen LogP contribution < -0.4 is 13.9 Å². The molecule has 1 aliphatic heterocycles. The van der Waals surface area contributed by atoms with E-state index in [-0.39, 0.29) is 0 Å². The number of hydrogen-bond donors (Lipinski definition) is 1. The third kappa shape index (κ3) is 1.62. The predicted molar refractivity (Wildman–Crippen MR) is 57.8 cm³/mol. The van der Waals surface area contributed by atoms with Gasteiger partial charge in [-0.2, -0.15) is 5.01 Å². The van der Waals surface area contributed by atoms with E-state index in [0.29, 0.717) is 0 Å². The summed E-state index contributed by atoms with van der Waals surface area (Å²) in [7, 11) is 0. The number of ether oxygens (including phenoxy) is 1. The van der Waals surface area contributed by atoms with Crippen LogP contribution in [0, 0.1) is 6.92 Å². The van der Waals surface area contributed by atoms with Crippen molar-refractivity contribution >= 4 is 29.0 Å². The van der Waals surface area contributed by atoms with Gasteiger partial charge in [-0.25, -0.2) is 0 Å². The van der Waals surface area contributed by atoms with Crippen LogP contribution >= 0.6 is 24.0 Å². The van der Waals surface area contributed by atoms with E-state index >= 15 is 0 Å². The summed E-state index contributed by atoms with van der Waals surface area (Å²) in [6, 6.07) is 0. The van der Waals surface area contributed by atoms with Gasteiger partial charge in [0.05, 0.1) is 13.2 Å². The molecular formula is C7H13N4OS2+. The molecule has 0 aliphatic carbocycles. The maximum atomic E-state index is 5.80. The normalized spacial score (nSPS) is 17.4. The summed E-state index contributed by atoms with van der Waals surface area (Å²) >= 11 is 6.56. The third-order valence-electron chi connectivity index (χ3n) is 2.24. The minimum Gasteiger partial charge on any atom is -0.386 e.